The van der Waals surface area contributed by atoms with E-state index >= 15 is 0 Å². The molecule has 13 heavy (non-hydrogen) atoms. The van der Waals surface area contributed by atoms with Gasteiger partial charge in [-0.05, 0) is 12.8 Å². The molecule has 1 fully saturated rings. The monoisotopic (exact) mass is 208 g/mol. The van der Waals surface area contributed by atoms with Gasteiger partial charge < -0.3 is 9.90 Å². The Morgan fingerprint density at radius 2 is 2.38 bits per heavy atom. The number of carboxylic acids is 1. The van der Waals surface area contributed by atoms with E-state index in [0.717, 1.165) is 12.8 Å². The number of rotatable bonds is 2. The maximum Gasteiger partial charge on any atom is 1.00 e. The number of nitrogens with zero attached hydrogens (tertiary/aromatic N) is 1. The second-order valence-corrected chi connectivity index (χ2v) is 3.49. The molecule has 0 aromatic carbocycles. The molecule has 2 aliphatic rings. The number of amidine groups is 1. The first-order chi connectivity index (χ1) is 5.62. The number of carboxylic acid groups (broad SMARTS) is 1. The third-order valence-electron chi connectivity index (χ3n) is 2.34. The second kappa shape index (κ2) is 3.96. The van der Waals surface area contributed by atoms with Crippen molar-refractivity contribution in [2.24, 2.45) is 10.4 Å². The molecule has 6 heteroatoms. The molecule has 0 aromatic rings. The van der Waals surface area contributed by atoms with Gasteiger partial charge in [0, 0.05) is 5.41 Å². The van der Waals surface area contributed by atoms with Gasteiger partial charge in [-0.15, -0.1) is 0 Å². The van der Waals surface area contributed by atoms with Crippen LogP contribution in [-0.2, 0) is 9.63 Å². The SMILES string of the molecule is CC1(C2N=C(C(=O)[O-])NO2)CC1.[K+]. The van der Waals surface area contributed by atoms with Crippen LogP contribution < -0.4 is 62.0 Å². The molecule has 0 saturated heterocycles. The Hall–Kier alpha value is 0.536. The average molecular weight is 208 g/mol. The summed E-state index contributed by atoms with van der Waals surface area (Å²) in [6.07, 6.45) is 1.71. The van der Waals surface area contributed by atoms with Crippen molar-refractivity contribution >= 4 is 11.8 Å². The molecule has 1 heterocycles. The smallest absolute Gasteiger partial charge is 0.542 e. The van der Waals surface area contributed by atoms with Crippen LogP contribution in [0, 0.1) is 5.41 Å². The number of hydrogen-bond donors (Lipinski definition) is 1. The number of aliphatic imine (C=N–C) groups is 1. The summed E-state index contributed by atoms with van der Waals surface area (Å²) in [6.45, 7) is 2.01. The zero-order valence-electron chi connectivity index (χ0n) is 7.66. The Kier molecular flexibility index (Phi) is 3.53. The van der Waals surface area contributed by atoms with Crippen molar-refractivity contribution in [1.29, 1.82) is 0 Å². The summed E-state index contributed by atoms with van der Waals surface area (Å²) >= 11 is 0. The van der Waals surface area contributed by atoms with Gasteiger partial charge in [0.2, 0.25) is 0 Å². The van der Waals surface area contributed by atoms with E-state index in [1.54, 1.807) is 0 Å². The Balaban J connectivity index is 0.000000845. The van der Waals surface area contributed by atoms with Crippen molar-refractivity contribution in [2.75, 3.05) is 0 Å². The molecular formula is C7H9KN2O3. The van der Waals surface area contributed by atoms with Crippen molar-refractivity contribution in [3.05, 3.63) is 0 Å². The molecule has 1 aliphatic carbocycles. The molecule has 0 radical (unpaired) electrons. The zero-order chi connectivity index (χ0) is 8.77. The summed E-state index contributed by atoms with van der Waals surface area (Å²) in [5.41, 5.74) is 2.27. The van der Waals surface area contributed by atoms with Crippen molar-refractivity contribution in [3.8, 4) is 0 Å². The minimum absolute atomic E-state index is 0. The Bertz CT molecular complexity index is 262. The number of hydroxylamine groups is 1. The molecule has 1 aliphatic heterocycles. The summed E-state index contributed by atoms with van der Waals surface area (Å²) < 4.78 is 0. The summed E-state index contributed by atoms with van der Waals surface area (Å²) in [7, 11) is 0. The van der Waals surface area contributed by atoms with E-state index in [4.69, 9.17) is 4.84 Å². The van der Waals surface area contributed by atoms with Crippen LogP contribution in [0.2, 0.25) is 0 Å². The van der Waals surface area contributed by atoms with E-state index in [-0.39, 0.29) is 68.9 Å². The first-order valence-corrected chi connectivity index (χ1v) is 3.83. The van der Waals surface area contributed by atoms with Crippen LogP contribution in [0.1, 0.15) is 19.8 Å². The largest absolute Gasteiger partial charge is 1.00 e. The molecule has 66 valence electrons. The fourth-order valence-corrected chi connectivity index (χ4v) is 1.12. The van der Waals surface area contributed by atoms with Crippen LogP contribution in [0.5, 0.6) is 0 Å². The topological polar surface area (TPSA) is 73.8 Å². The molecule has 1 N–H and O–H groups in total. The van der Waals surface area contributed by atoms with E-state index in [1.807, 2.05) is 6.92 Å². The van der Waals surface area contributed by atoms with E-state index in [9.17, 15) is 9.90 Å². The molecule has 1 saturated carbocycles. The van der Waals surface area contributed by atoms with Gasteiger partial charge in [-0.1, -0.05) is 6.92 Å². The summed E-state index contributed by atoms with van der Waals surface area (Å²) in [5.74, 6) is -1.52. The number of nitrogens with one attached hydrogen (secondary N) is 1. The summed E-state index contributed by atoms with van der Waals surface area (Å²) in [4.78, 5) is 19.1. The van der Waals surface area contributed by atoms with Gasteiger partial charge in [-0.2, -0.15) is 0 Å². The first-order valence-electron chi connectivity index (χ1n) is 3.83. The molecular weight excluding hydrogens is 199 g/mol. The Labute approximate surface area is 118 Å². The van der Waals surface area contributed by atoms with E-state index in [2.05, 4.69) is 10.5 Å². The fraction of sp³-hybridized carbons (Fsp3) is 0.714. The van der Waals surface area contributed by atoms with Crippen LogP contribution in [0.15, 0.2) is 4.99 Å². The molecule has 2 rings (SSSR count). The minimum atomic E-state index is -1.32. The van der Waals surface area contributed by atoms with Gasteiger partial charge in [-0.25, -0.2) is 15.3 Å². The Morgan fingerprint density at radius 1 is 1.77 bits per heavy atom. The maximum atomic E-state index is 10.3. The second-order valence-electron chi connectivity index (χ2n) is 3.49. The van der Waals surface area contributed by atoms with Crippen LogP contribution in [-0.4, -0.2) is 18.0 Å². The zero-order valence-corrected chi connectivity index (χ0v) is 10.8. The normalized spacial score (nSPS) is 28.4. The van der Waals surface area contributed by atoms with E-state index < -0.39 is 5.97 Å². The van der Waals surface area contributed by atoms with Gasteiger partial charge in [0.25, 0.3) is 0 Å². The van der Waals surface area contributed by atoms with Crippen molar-refractivity contribution in [3.63, 3.8) is 0 Å². The third-order valence-corrected chi connectivity index (χ3v) is 2.34. The average Bonchev–Trinajstić information content (AvgIpc) is 2.61. The van der Waals surface area contributed by atoms with Crippen LogP contribution in [0.4, 0.5) is 0 Å². The third kappa shape index (κ3) is 2.31. The van der Waals surface area contributed by atoms with Gasteiger partial charge >= 0.3 is 51.4 Å². The number of carbonyl (C=O) groups excluding carboxylic acids is 1. The van der Waals surface area contributed by atoms with Gasteiger partial charge in [0.15, 0.2) is 12.1 Å². The number of aliphatic carboxylic acids is 1. The molecule has 0 spiro atoms. The van der Waals surface area contributed by atoms with Crippen LogP contribution in [0.25, 0.3) is 0 Å². The van der Waals surface area contributed by atoms with Gasteiger partial charge in [0.1, 0.15) is 5.97 Å². The van der Waals surface area contributed by atoms with E-state index in [0.29, 0.717) is 0 Å². The minimum Gasteiger partial charge on any atom is -0.542 e. The summed E-state index contributed by atoms with van der Waals surface area (Å²) in [5, 5.41) is 10.3. The molecule has 0 amide bonds. The van der Waals surface area contributed by atoms with Gasteiger partial charge in [0.05, 0.1) is 0 Å². The van der Waals surface area contributed by atoms with Crippen molar-refractivity contribution in [1.82, 2.24) is 5.48 Å². The van der Waals surface area contributed by atoms with E-state index in [1.165, 1.54) is 0 Å². The van der Waals surface area contributed by atoms with Crippen molar-refractivity contribution in [2.45, 2.75) is 26.0 Å². The number of carbonyl (C=O) groups is 1. The molecule has 1 unspecified atom stereocenters. The van der Waals surface area contributed by atoms with Gasteiger partial charge in [-0.3, -0.25) is 0 Å². The standard InChI is InChI=1S/C7H10N2O3.K/c1-7(2-3-7)6-8-4(5(10)11)9-12-6;/h6H,2-3H2,1H3,(H,8,9)(H,10,11);/q;+1/p-1. The molecule has 0 aromatic heterocycles. The first kappa shape index (κ1) is 11.6. The predicted molar refractivity (Wildman–Crippen MR) is 37.8 cm³/mol. The predicted octanol–water partition coefficient (Wildman–Crippen LogP) is -4.20. The molecule has 1 atom stereocenters. The summed E-state index contributed by atoms with van der Waals surface area (Å²) in [6, 6.07) is 0. The molecule has 5 nitrogen and oxygen atoms in total. The number of hydrogen-bond acceptors (Lipinski definition) is 5. The fourth-order valence-electron chi connectivity index (χ4n) is 1.12. The molecule has 0 bridgehead atoms. The Morgan fingerprint density at radius 3 is 2.77 bits per heavy atom. The van der Waals surface area contributed by atoms with Crippen LogP contribution in [0.3, 0.4) is 0 Å². The van der Waals surface area contributed by atoms with Crippen LogP contribution >= 0.6 is 0 Å². The quantitative estimate of drug-likeness (QED) is 0.467. The van der Waals surface area contributed by atoms with Crippen molar-refractivity contribution < 1.29 is 66.1 Å². The maximum absolute atomic E-state index is 10.3.